The fourth-order valence-electron chi connectivity index (χ4n) is 9.29. The van der Waals surface area contributed by atoms with Crippen molar-refractivity contribution in [3.05, 3.63) is 216 Å². The van der Waals surface area contributed by atoms with Gasteiger partial charge in [0, 0.05) is 0 Å². The number of benzene rings is 6. The lowest BCUT2D eigenvalue weighted by atomic mass is 9.64. The Hall–Kier alpha value is -6.89. The van der Waals surface area contributed by atoms with Crippen LogP contribution in [0.25, 0.3) is 11.2 Å². The Morgan fingerprint density at radius 2 is 1.06 bits per heavy atom. The van der Waals surface area contributed by atoms with Crippen molar-refractivity contribution < 1.29 is 24.4 Å². The van der Waals surface area contributed by atoms with E-state index in [0.29, 0.717) is 22.7 Å². The Morgan fingerprint density at radius 3 is 1.55 bits per heavy atom. The molecule has 8 aromatic rings. The number of ether oxygens (including phenoxy) is 3. The molecule has 5 atom stereocenters. The van der Waals surface area contributed by atoms with Crippen LogP contribution in [0.1, 0.15) is 39.6 Å². The molecule has 3 heterocycles. The summed E-state index contributed by atoms with van der Waals surface area (Å²) in [4.78, 5) is 14.4. The summed E-state index contributed by atoms with van der Waals surface area (Å²) in [5.41, 5.74) is 4.27. The SMILES string of the molecule is CNC1[C@@H](C(O)C(c2ccccc2)(c2ccccc2)c2ccc(OC)cc2)O[C@@H](n2cnc3c(NC(c4ccccc4)(c4ccccc4)c4ccc(OC)cc4)ncnc32)[C@@H]1O. The molecule has 0 aliphatic carbocycles. The second-order valence-corrected chi connectivity index (χ2v) is 15.4. The molecule has 4 N–H and O–H groups in total. The van der Waals surface area contributed by atoms with Crippen LogP contribution in [0, 0.1) is 0 Å². The van der Waals surface area contributed by atoms with Crippen molar-refractivity contribution in [2.24, 2.45) is 0 Å². The number of nitrogens with zero attached hydrogens (tertiary/aromatic N) is 4. The summed E-state index contributed by atoms with van der Waals surface area (Å²) in [6.45, 7) is 0. The van der Waals surface area contributed by atoms with E-state index in [4.69, 9.17) is 29.2 Å². The number of anilines is 1. The maximum absolute atomic E-state index is 13.1. The van der Waals surface area contributed by atoms with Crippen LogP contribution in [0.5, 0.6) is 11.5 Å². The van der Waals surface area contributed by atoms with Crippen molar-refractivity contribution in [1.29, 1.82) is 0 Å². The predicted octanol–water partition coefficient (Wildman–Crippen LogP) is 7.49. The highest BCUT2D eigenvalue weighted by molar-refractivity contribution is 5.84. The summed E-state index contributed by atoms with van der Waals surface area (Å²) in [6.07, 6.45) is -1.17. The normalized spacial score (nSPS) is 18.3. The highest BCUT2D eigenvalue weighted by Crippen LogP contribution is 2.48. The third-order valence-electron chi connectivity index (χ3n) is 12.3. The van der Waals surface area contributed by atoms with Crippen LogP contribution in [0.15, 0.2) is 183 Å². The van der Waals surface area contributed by atoms with Crippen LogP contribution in [-0.2, 0) is 15.7 Å². The average molecular weight is 825 g/mol. The minimum atomic E-state index is -1.22. The third-order valence-corrected chi connectivity index (χ3v) is 12.3. The fourth-order valence-corrected chi connectivity index (χ4v) is 9.29. The first-order valence-electron chi connectivity index (χ1n) is 20.6. The molecule has 0 spiro atoms. The van der Waals surface area contributed by atoms with E-state index >= 15 is 0 Å². The second kappa shape index (κ2) is 17.2. The van der Waals surface area contributed by atoms with Crippen LogP contribution in [-0.4, -0.2) is 75.4 Å². The summed E-state index contributed by atoms with van der Waals surface area (Å²) < 4.78 is 19.7. The van der Waals surface area contributed by atoms with Crippen LogP contribution in [0.4, 0.5) is 5.82 Å². The number of aromatic nitrogens is 4. The van der Waals surface area contributed by atoms with Crippen LogP contribution in [0.3, 0.4) is 0 Å². The lowest BCUT2D eigenvalue weighted by Crippen LogP contribution is -2.55. The molecule has 11 nitrogen and oxygen atoms in total. The lowest BCUT2D eigenvalue weighted by molar-refractivity contribution is -0.0875. The molecule has 0 saturated carbocycles. The number of likely N-dealkylation sites (N-methyl/N-ethyl adjacent to an activating group) is 1. The van der Waals surface area contributed by atoms with Gasteiger partial charge in [-0.15, -0.1) is 0 Å². The summed E-state index contributed by atoms with van der Waals surface area (Å²) in [7, 11) is 5.05. The van der Waals surface area contributed by atoms with E-state index in [1.807, 2.05) is 146 Å². The van der Waals surface area contributed by atoms with Gasteiger partial charge in [-0.1, -0.05) is 146 Å². The van der Waals surface area contributed by atoms with E-state index in [1.165, 1.54) is 6.33 Å². The fraction of sp³-hybridized carbons (Fsp3) is 0.196. The first-order chi connectivity index (χ1) is 30.4. The Morgan fingerprint density at radius 1 is 0.613 bits per heavy atom. The Kier molecular flexibility index (Phi) is 11.3. The summed E-state index contributed by atoms with van der Waals surface area (Å²) in [6, 6.07) is 55.3. The zero-order valence-corrected chi connectivity index (χ0v) is 34.6. The maximum Gasteiger partial charge on any atom is 0.167 e. The largest absolute Gasteiger partial charge is 0.497 e. The van der Waals surface area contributed by atoms with Crippen molar-refractivity contribution in [3.63, 3.8) is 0 Å². The molecule has 6 aromatic carbocycles. The number of methoxy groups -OCH3 is 2. The molecule has 312 valence electrons. The van der Waals surface area contributed by atoms with Gasteiger partial charge < -0.3 is 35.1 Å². The van der Waals surface area contributed by atoms with Gasteiger partial charge >= 0.3 is 0 Å². The van der Waals surface area contributed by atoms with E-state index in [1.54, 1.807) is 32.2 Å². The molecule has 9 rings (SSSR count). The van der Waals surface area contributed by atoms with Crippen molar-refractivity contribution in [2.75, 3.05) is 26.6 Å². The monoisotopic (exact) mass is 824 g/mol. The molecule has 1 aliphatic rings. The van der Waals surface area contributed by atoms with E-state index in [0.717, 1.165) is 39.1 Å². The smallest absolute Gasteiger partial charge is 0.167 e. The van der Waals surface area contributed by atoms with Gasteiger partial charge in [0.05, 0.1) is 38.1 Å². The van der Waals surface area contributed by atoms with Crippen molar-refractivity contribution >= 4 is 17.0 Å². The number of nitrogens with one attached hydrogen (secondary N) is 2. The lowest BCUT2D eigenvalue weighted by Gasteiger charge is -2.43. The van der Waals surface area contributed by atoms with E-state index in [9.17, 15) is 10.2 Å². The molecule has 11 heteroatoms. The molecular formula is C51H48N6O5. The van der Waals surface area contributed by atoms with Crippen molar-refractivity contribution in [2.45, 2.75) is 41.5 Å². The zero-order chi connectivity index (χ0) is 42.7. The minimum Gasteiger partial charge on any atom is -0.497 e. The number of rotatable bonds is 14. The number of aliphatic hydroxyl groups excluding tert-OH is 2. The molecule has 0 bridgehead atoms. The van der Waals surface area contributed by atoms with Gasteiger partial charge in [-0.25, -0.2) is 15.0 Å². The number of hydrogen-bond acceptors (Lipinski definition) is 10. The van der Waals surface area contributed by atoms with Crippen LogP contribution < -0.4 is 20.1 Å². The van der Waals surface area contributed by atoms with E-state index < -0.39 is 41.5 Å². The molecule has 1 saturated heterocycles. The average Bonchev–Trinajstić information content (AvgIpc) is 3.93. The molecule has 0 radical (unpaired) electrons. The third kappa shape index (κ3) is 6.85. The highest BCUT2D eigenvalue weighted by Gasteiger charge is 2.55. The molecule has 1 aliphatic heterocycles. The first kappa shape index (κ1) is 40.5. The van der Waals surface area contributed by atoms with Gasteiger partial charge in [-0.05, 0) is 64.7 Å². The maximum atomic E-state index is 13.1. The molecule has 0 amide bonds. The second-order valence-electron chi connectivity index (χ2n) is 15.4. The number of fused-ring (bicyclic) bond motifs is 1. The van der Waals surface area contributed by atoms with Gasteiger partial charge in [-0.2, -0.15) is 0 Å². The Balaban J connectivity index is 1.15. The predicted molar refractivity (Wildman–Crippen MR) is 239 cm³/mol. The van der Waals surface area contributed by atoms with Gasteiger partial charge in [0.2, 0.25) is 0 Å². The standard InChI is InChI=1S/C51H48N6O5/c1-52-42-44(58)49(62-45(42)46(59)50(34-16-8-4-9-17-34,35-18-10-5-11-19-35)36-24-28-40(60-2)29-25-36)57-33-55-43-47(53-32-54-48(43)57)56-51(37-20-12-6-13-21-37,38-22-14-7-15-23-38)39-26-30-41(61-3)31-27-39/h4-33,42,44-46,49,52,58-59H,1-3H3,(H,53,54,56)/t42?,44-,45+,46?,49-/m1/s1. The summed E-state index contributed by atoms with van der Waals surface area (Å²) in [5, 5.41) is 32.5. The van der Waals surface area contributed by atoms with Gasteiger partial charge in [0.25, 0.3) is 0 Å². The topological polar surface area (TPSA) is 136 Å². The minimum absolute atomic E-state index is 0.439. The number of imidazole rings is 1. The molecule has 2 aromatic heterocycles. The van der Waals surface area contributed by atoms with Gasteiger partial charge in [-0.3, -0.25) is 4.57 Å². The first-order valence-corrected chi connectivity index (χ1v) is 20.6. The Bertz CT molecular complexity index is 2620. The van der Waals surface area contributed by atoms with E-state index in [-0.39, 0.29) is 0 Å². The van der Waals surface area contributed by atoms with Crippen molar-refractivity contribution in [3.8, 4) is 11.5 Å². The quantitative estimate of drug-likeness (QED) is 0.0818. The number of hydrogen-bond donors (Lipinski definition) is 4. The Labute approximate surface area is 360 Å². The zero-order valence-electron chi connectivity index (χ0n) is 34.6. The number of aliphatic hydroxyl groups is 2. The summed E-state index contributed by atoms with van der Waals surface area (Å²) >= 11 is 0. The van der Waals surface area contributed by atoms with Crippen LogP contribution >= 0.6 is 0 Å². The van der Waals surface area contributed by atoms with Gasteiger partial charge in [0.1, 0.15) is 35.6 Å². The molecular weight excluding hydrogens is 777 g/mol. The van der Waals surface area contributed by atoms with Crippen molar-refractivity contribution in [1.82, 2.24) is 24.8 Å². The summed E-state index contributed by atoms with van der Waals surface area (Å²) in [5.74, 6) is 1.90. The van der Waals surface area contributed by atoms with E-state index in [2.05, 4.69) is 34.9 Å². The highest BCUT2D eigenvalue weighted by atomic mass is 16.5. The van der Waals surface area contributed by atoms with Crippen LogP contribution in [0.2, 0.25) is 0 Å². The molecule has 1 fully saturated rings. The molecule has 62 heavy (non-hydrogen) atoms. The van der Waals surface area contributed by atoms with Gasteiger partial charge in [0.15, 0.2) is 23.2 Å². The molecule has 2 unspecified atom stereocenters.